The molecule has 0 aliphatic rings. The van der Waals surface area contributed by atoms with E-state index in [-0.39, 0.29) is 0 Å². The average Bonchev–Trinajstić information content (AvgIpc) is 2.91. The maximum Gasteiger partial charge on any atom is 0.232 e. The zero-order chi connectivity index (χ0) is 13.9. The first-order valence-electron chi connectivity index (χ1n) is 5.79. The van der Waals surface area contributed by atoms with Gasteiger partial charge in [0.15, 0.2) is 0 Å². The van der Waals surface area contributed by atoms with Gasteiger partial charge in [-0.05, 0) is 48.4 Å². The van der Waals surface area contributed by atoms with Gasteiger partial charge in [-0.15, -0.1) is 0 Å². The van der Waals surface area contributed by atoms with Crippen molar-refractivity contribution in [2.45, 2.75) is 18.8 Å². The smallest absolute Gasteiger partial charge is 0.232 e. The van der Waals surface area contributed by atoms with E-state index in [1.807, 2.05) is 0 Å². The number of benzene rings is 1. The summed E-state index contributed by atoms with van der Waals surface area (Å²) in [5.74, 6) is 0.680. The molecular weight excluding hydrogens is 262 g/mol. The van der Waals surface area contributed by atoms with Gasteiger partial charge in [0.2, 0.25) is 5.24 Å². The minimum absolute atomic E-state index is 0.358. The summed E-state index contributed by atoms with van der Waals surface area (Å²) in [6.07, 6.45) is 1.91. The zero-order valence-electron chi connectivity index (χ0n) is 10.4. The van der Waals surface area contributed by atoms with Gasteiger partial charge in [0, 0.05) is 6.42 Å². The largest absolute Gasteiger partial charge is 0.469 e. The molecule has 96 valence electrons. The molecule has 2 rings (SSSR count). The first-order chi connectivity index (χ1) is 9.06. The third-order valence-corrected chi connectivity index (χ3v) is 3.59. The molecule has 0 amide bonds. The summed E-state index contributed by atoms with van der Waals surface area (Å²) in [6.45, 7) is 1.75. The Kier molecular flexibility index (Phi) is 3.73. The molecular formula is C15H12ClNO2. The quantitative estimate of drug-likeness (QED) is 0.802. The molecule has 1 unspecified atom stereocenters. The maximum atomic E-state index is 11.8. The highest BCUT2D eigenvalue weighted by atomic mass is 35.5. The second kappa shape index (κ2) is 5.29. The van der Waals surface area contributed by atoms with Gasteiger partial charge < -0.3 is 4.42 Å². The fraction of sp³-hybridized carbons (Fsp3) is 0.200. The van der Waals surface area contributed by atoms with Gasteiger partial charge in [-0.3, -0.25) is 4.79 Å². The minimum atomic E-state index is -0.910. The van der Waals surface area contributed by atoms with Crippen molar-refractivity contribution in [3.05, 3.63) is 59.5 Å². The molecule has 0 spiro atoms. The molecule has 2 aromatic rings. The van der Waals surface area contributed by atoms with Crippen LogP contribution in [0.4, 0.5) is 0 Å². The summed E-state index contributed by atoms with van der Waals surface area (Å²) in [7, 11) is 0. The molecule has 19 heavy (non-hydrogen) atoms. The highest BCUT2D eigenvalue weighted by Gasteiger charge is 2.35. The number of furan rings is 1. The van der Waals surface area contributed by atoms with Crippen LogP contribution in [-0.4, -0.2) is 5.24 Å². The summed E-state index contributed by atoms with van der Waals surface area (Å²) >= 11 is 5.77. The van der Waals surface area contributed by atoms with Gasteiger partial charge >= 0.3 is 0 Å². The highest BCUT2D eigenvalue weighted by Crippen LogP contribution is 2.31. The van der Waals surface area contributed by atoms with Gasteiger partial charge in [0.1, 0.15) is 5.76 Å². The number of hydrogen-bond donors (Lipinski definition) is 0. The van der Waals surface area contributed by atoms with Crippen molar-refractivity contribution in [1.29, 1.82) is 5.26 Å². The predicted octanol–water partition coefficient (Wildman–Crippen LogP) is 3.42. The predicted molar refractivity (Wildman–Crippen MR) is 71.8 cm³/mol. The van der Waals surface area contributed by atoms with Gasteiger partial charge in [-0.2, -0.15) is 5.26 Å². The Morgan fingerprint density at radius 1 is 1.42 bits per heavy atom. The van der Waals surface area contributed by atoms with Gasteiger partial charge in [-0.25, -0.2) is 0 Å². The first kappa shape index (κ1) is 13.4. The molecule has 1 atom stereocenters. The van der Waals surface area contributed by atoms with Crippen molar-refractivity contribution in [3.8, 4) is 6.07 Å². The molecule has 0 aliphatic carbocycles. The number of rotatable bonds is 4. The lowest BCUT2D eigenvalue weighted by atomic mass is 9.79. The van der Waals surface area contributed by atoms with Crippen molar-refractivity contribution in [2.75, 3.05) is 0 Å². The monoisotopic (exact) mass is 273 g/mol. The fourth-order valence-electron chi connectivity index (χ4n) is 1.98. The Labute approximate surface area is 116 Å². The molecule has 4 heteroatoms. The second-order valence-electron chi connectivity index (χ2n) is 4.55. The van der Waals surface area contributed by atoms with E-state index in [0.717, 1.165) is 0 Å². The van der Waals surface area contributed by atoms with E-state index in [0.29, 0.717) is 23.3 Å². The SMILES string of the molecule is CC(Cc1ccco1)(C(=O)Cl)c1cccc(C#N)c1. The lowest BCUT2D eigenvalue weighted by molar-refractivity contribution is -0.116. The van der Waals surface area contributed by atoms with Crippen LogP contribution in [0.3, 0.4) is 0 Å². The number of halogens is 1. The summed E-state index contributed by atoms with van der Waals surface area (Å²) < 4.78 is 5.28. The van der Waals surface area contributed by atoms with Crippen LogP contribution in [0.2, 0.25) is 0 Å². The van der Waals surface area contributed by atoms with Crippen molar-refractivity contribution < 1.29 is 9.21 Å². The van der Waals surface area contributed by atoms with E-state index in [4.69, 9.17) is 21.3 Å². The van der Waals surface area contributed by atoms with Crippen LogP contribution < -0.4 is 0 Å². The van der Waals surface area contributed by atoms with Gasteiger partial charge in [-0.1, -0.05) is 12.1 Å². The molecule has 1 heterocycles. The Morgan fingerprint density at radius 2 is 2.21 bits per heavy atom. The van der Waals surface area contributed by atoms with Crippen molar-refractivity contribution in [2.24, 2.45) is 0 Å². The number of carbonyl (C=O) groups excluding carboxylic acids is 1. The van der Waals surface area contributed by atoms with Crippen LogP contribution >= 0.6 is 11.6 Å². The normalized spacial score (nSPS) is 13.5. The van der Waals surface area contributed by atoms with Crippen molar-refractivity contribution >= 4 is 16.8 Å². The highest BCUT2D eigenvalue weighted by molar-refractivity contribution is 6.65. The second-order valence-corrected chi connectivity index (χ2v) is 4.90. The van der Waals surface area contributed by atoms with Crippen LogP contribution in [0, 0.1) is 11.3 Å². The van der Waals surface area contributed by atoms with E-state index in [1.54, 1.807) is 49.6 Å². The molecule has 0 radical (unpaired) electrons. The molecule has 1 aromatic carbocycles. The van der Waals surface area contributed by atoms with E-state index < -0.39 is 10.7 Å². The molecule has 0 aliphatic heterocycles. The number of carbonyl (C=O) groups is 1. The Balaban J connectivity index is 2.44. The van der Waals surface area contributed by atoms with E-state index in [2.05, 4.69) is 6.07 Å². The third kappa shape index (κ3) is 2.69. The maximum absolute atomic E-state index is 11.8. The zero-order valence-corrected chi connectivity index (χ0v) is 11.1. The average molecular weight is 274 g/mol. The summed E-state index contributed by atoms with van der Waals surface area (Å²) in [6, 6.07) is 12.5. The third-order valence-electron chi connectivity index (χ3n) is 3.17. The minimum Gasteiger partial charge on any atom is -0.469 e. The van der Waals surface area contributed by atoms with Crippen LogP contribution in [0.25, 0.3) is 0 Å². The summed E-state index contributed by atoms with van der Waals surface area (Å²) in [5, 5.41) is 8.46. The molecule has 0 N–H and O–H groups in total. The molecule has 1 aromatic heterocycles. The van der Waals surface area contributed by atoms with Crippen LogP contribution in [-0.2, 0) is 16.6 Å². The Morgan fingerprint density at radius 3 is 2.79 bits per heavy atom. The van der Waals surface area contributed by atoms with E-state index >= 15 is 0 Å². The lowest BCUT2D eigenvalue weighted by Crippen LogP contribution is -2.31. The fourth-order valence-corrected chi connectivity index (χ4v) is 2.15. The molecule has 0 fully saturated rings. The van der Waals surface area contributed by atoms with Crippen LogP contribution in [0.1, 0.15) is 23.8 Å². The van der Waals surface area contributed by atoms with Gasteiger partial charge in [0.05, 0.1) is 23.3 Å². The number of nitriles is 1. The van der Waals surface area contributed by atoms with Crippen molar-refractivity contribution in [3.63, 3.8) is 0 Å². The lowest BCUT2D eigenvalue weighted by Gasteiger charge is -2.25. The van der Waals surface area contributed by atoms with Crippen LogP contribution in [0.15, 0.2) is 47.1 Å². The van der Waals surface area contributed by atoms with Crippen molar-refractivity contribution in [1.82, 2.24) is 0 Å². The summed E-state index contributed by atoms with van der Waals surface area (Å²) in [4.78, 5) is 11.8. The standard InChI is InChI=1S/C15H12ClNO2/c1-15(14(16)18,9-13-6-3-7-19-13)12-5-2-4-11(8-12)10-17/h2-8H,9H2,1H3. The molecule has 0 saturated carbocycles. The van der Waals surface area contributed by atoms with E-state index in [1.165, 1.54) is 0 Å². The van der Waals surface area contributed by atoms with Crippen LogP contribution in [0.5, 0.6) is 0 Å². The van der Waals surface area contributed by atoms with Gasteiger partial charge in [0.25, 0.3) is 0 Å². The molecule has 0 saturated heterocycles. The Bertz CT molecular complexity index is 628. The topological polar surface area (TPSA) is 54.0 Å². The molecule has 3 nitrogen and oxygen atoms in total. The first-order valence-corrected chi connectivity index (χ1v) is 6.17. The number of hydrogen-bond acceptors (Lipinski definition) is 3. The summed E-state index contributed by atoms with van der Waals surface area (Å²) in [5.41, 5.74) is 0.302. The molecule has 0 bridgehead atoms. The Hall–Kier alpha value is -2.05. The van der Waals surface area contributed by atoms with E-state index in [9.17, 15) is 4.79 Å². The number of nitrogens with zero attached hydrogens (tertiary/aromatic N) is 1.